The zero-order chi connectivity index (χ0) is 26.9. The molecule has 1 aliphatic rings. The Bertz CT molecular complexity index is 1120. The van der Waals surface area contributed by atoms with Gasteiger partial charge in [0.1, 0.15) is 11.6 Å². The number of ketones is 1. The van der Waals surface area contributed by atoms with E-state index in [1.807, 2.05) is 0 Å². The maximum absolute atomic E-state index is 13.4. The van der Waals surface area contributed by atoms with Crippen LogP contribution in [0.4, 0.5) is 10.1 Å². The number of aliphatic hydroxyl groups excluding tert-OH is 1. The molecule has 1 fully saturated rings. The van der Waals surface area contributed by atoms with Crippen LogP contribution in [0.15, 0.2) is 54.1 Å². The predicted octanol–water partition coefficient (Wildman–Crippen LogP) is 5.45. The number of likely N-dealkylation sites (tertiary alicyclic amines) is 1. The van der Waals surface area contributed by atoms with Crippen LogP contribution in [-0.2, 0) is 9.59 Å². The topological polar surface area (TPSA) is 104 Å². The smallest absolute Gasteiger partial charge is 0.295 e. The van der Waals surface area contributed by atoms with Crippen molar-refractivity contribution in [1.82, 2.24) is 9.80 Å². The van der Waals surface area contributed by atoms with Gasteiger partial charge in [-0.05, 0) is 80.9 Å². The second kappa shape index (κ2) is 13.1. The molecule has 1 atom stereocenters. The lowest BCUT2D eigenvalue weighted by atomic mass is 9.95. The van der Waals surface area contributed by atoms with E-state index in [-0.39, 0.29) is 23.4 Å². The van der Waals surface area contributed by atoms with E-state index < -0.39 is 34.2 Å². The standard InChI is InChI=1S/C28H34FN3O5/c1-3-5-16-30(17-6-4-2)18-7-19-31-25(20-10-14-23(15-11-20)32(36)37)24(27(34)28(31)35)26(33)21-8-12-22(29)13-9-21/h8-15,25,33H,3-7,16-19H2,1-2H3/t25-/m1/s1. The second-order valence-electron chi connectivity index (χ2n) is 9.25. The fourth-order valence-corrected chi connectivity index (χ4v) is 4.56. The van der Waals surface area contributed by atoms with Crippen LogP contribution in [0.5, 0.6) is 0 Å². The van der Waals surface area contributed by atoms with E-state index >= 15 is 0 Å². The van der Waals surface area contributed by atoms with E-state index in [9.17, 15) is 29.2 Å². The van der Waals surface area contributed by atoms with Crippen molar-refractivity contribution >= 4 is 23.1 Å². The first-order chi connectivity index (χ1) is 17.8. The number of hydrogen-bond acceptors (Lipinski definition) is 6. The lowest BCUT2D eigenvalue weighted by Crippen LogP contribution is -2.34. The van der Waals surface area contributed by atoms with E-state index in [0.717, 1.165) is 57.5 Å². The minimum Gasteiger partial charge on any atom is -0.507 e. The molecule has 9 heteroatoms. The maximum Gasteiger partial charge on any atom is 0.295 e. The molecule has 1 heterocycles. The van der Waals surface area contributed by atoms with Crippen LogP contribution in [-0.4, -0.2) is 57.7 Å². The second-order valence-corrected chi connectivity index (χ2v) is 9.25. The van der Waals surface area contributed by atoms with E-state index in [2.05, 4.69) is 18.7 Å². The Balaban J connectivity index is 1.94. The van der Waals surface area contributed by atoms with E-state index in [4.69, 9.17) is 0 Å². The summed E-state index contributed by atoms with van der Waals surface area (Å²) >= 11 is 0. The highest BCUT2D eigenvalue weighted by molar-refractivity contribution is 6.46. The van der Waals surface area contributed by atoms with Gasteiger partial charge in [-0.3, -0.25) is 19.7 Å². The van der Waals surface area contributed by atoms with Gasteiger partial charge < -0.3 is 14.9 Å². The molecule has 2 aromatic carbocycles. The van der Waals surface area contributed by atoms with Crippen LogP contribution in [0.1, 0.15) is 63.1 Å². The number of Topliss-reactive ketones (excluding diaryl/α,β-unsaturated/α-hetero) is 1. The van der Waals surface area contributed by atoms with Crippen molar-refractivity contribution in [2.45, 2.75) is 52.0 Å². The first kappa shape index (κ1) is 28.0. The molecule has 2 aromatic rings. The summed E-state index contributed by atoms with van der Waals surface area (Å²) in [6.45, 7) is 7.25. The van der Waals surface area contributed by atoms with Crippen LogP contribution in [0, 0.1) is 15.9 Å². The number of amides is 1. The molecule has 3 rings (SSSR count). The van der Waals surface area contributed by atoms with E-state index in [1.165, 1.54) is 41.3 Å². The van der Waals surface area contributed by atoms with E-state index in [1.54, 1.807) is 0 Å². The van der Waals surface area contributed by atoms with Crippen molar-refractivity contribution in [3.05, 3.63) is 81.2 Å². The van der Waals surface area contributed by atoms with Gasteiger partial charge in [-0.1, -0.05) is 26.7 Å². The van der Waals surface area contributed by atoms with Crippen molar-refractivity contribution < 1.29 is 24.0 Å². The summed E-state index contributed by atoms with van der Waals surface area (Å²) in [6.07, 6.45) is 4.95. The zero-order valence-electron chi connectivity index (χ0n) is 21.4. The van der Waals surface area contributed by atoms with Crippen molar-refractivity contribution in [3.63, 3.8) is 0 Å². The van der Waals surface area contributed by atoms with Crippen LogP contribution < -0.4 is 0 Å². The summed E-state index contributed by atoms with van der Waals surface area (Å²) in [7, 11) is 0. The van der Waals surface area contributed by atoms with Crippen molar-refractivity contribution in [3.8, 4) is 0 Å². The molecule has 0 saturated carbocycles. The summed E-state index contributed by atoms with van der Waals surface area (Å²) in [4.78, 5) is 40.7. The fraction of sp³-hybridized carbons (Fsp3) is 0.429. The molecule has 198 valence electrons. The average Bonchev–Trinajstić information content (AvgIpc) is 3.15. The maximum atomic E-state index is 13.4. The number of halogens is 1. The van der Waals surface area contributed by atoms with Crippen molar-refractivity contribution in [1.29, 1.82) is 0 Å². The van der Waals surface area contributed by atoms with Gasteiger partial charge in [0.05, 0.1) is 16.5 Å². The number of rotatable bonds is 13. The van der Waals surface area contributed by atoms with Crippen molar-refractivity contribution in [2.24, 2.45) is 0 Å². The molecule has 8 nitrogen and oxygen atoms in total. The number of benzene rings is 2. The number of carbonyl (C=O) groups is 2. The molecule has 1 saturated heterocycles. The Kier molecular flexibility index (Phi) is 9.91. The van der Waals surface area contributed by atoms with E-state index in [0.29, 0.717) is 12.0 Å². The summed E-state index contributed by atoms with van der Waals surface area (Å²) in [5, 5.41) is 22.2. The molecule has 0 bridgehead atoms. The molecule has 1 aliphatic heterocycles. The lowest BCUT2D eigenvalue weighted by molar-refractivity contribution is -0.384. The SMILES string of the molecule is CCCCN(CCCC)CCCN1C(=O)C(=O)C(=C(O)c2ccc(F)cc2)[C@H]1c1ccc([N+](=O)[O-])cc1. The van der Waals surface area contributed by atoms with Gasteiger partial charge in [0.25, 0.3) is 17.4 Å². The minimum absolute atomic E-state index is 0.112. The summed E-state index contributed by atoms with van der Waals surface area (Å²) in [5.41, 5.74) is 0.444. The number of carbonyl (C=O) groups excluding carboxylic acids is 2. The number of nitrogens with zero attached hydrogens (tertiary/aromatic N) is 3. The van der Waals surface area contributed by atoms with Gasteiger partial charge in [0.15, 0.2) is 0 Å². The average molecular weight is 512 g/mol. The van der Waals surface area contributed by atoms with Crippen LogP contribution in [0.25, 0.3) is 5.76 Å². The molecule has 0 aromatic heterocycles. The third-order valence-corrected chi connectivity index (χ3v) is 6.61. The summed E-state index contributed by atoms with van der Waals surface area (Å²) < 4.78 is 13.4. The van der Waals surface area contributed by atoms with Gasteiger partial charge in [-0.2, -0.15) is 0 Å². The van der Waals surface area contributed by atoms with Gasteiger partial charge in [-0.25, -0.2) is 4.39 Å². The van der Waals surface area contributed by atoms with Crippen LogP contribution >= 0.6 is 0 Å². The summed E-state index contributed by atoms with van der Waals surface area (Å²) in [6, 6.07) is 9.69. The van der Waals surface area contributed by atoms with Gasteiger partial charge >= 0.3 is 0 Å². The number of aliphatic hydroxyl groups is 1. The molecule has 0 spiro atoms. The number of unbranched alkanes of at least 4 members (excludes halogenated alkanes) is 2. The fourth-order valence-electron chi connectivity index (χ4n) is 4.56. The Hall–Kier alpha value is -3.59. The monoisotopic (exact) mass is 511 g/mol. The first-order valence-corrected chi connectivity index (χ1v) is 12.8. The van der Waals surface area contributed by atoms with Gasteiger partial charge in [0, 0.05) is 24.2 Å². The molecule has 1 N–H and O–H groups in total. The third kappa shape index (κ3) is 6.80. The van der Waals surface area contributed by atoms with Crippen LogP contribution in [0.2, 0.25) is 0 Å². The Labute approximate surface area is 216 Å². The normalized spacial score (nSPS) is 17.1. The highest BCUT2D eigenvalue weighted by Gasteiger charge is 2.45. The Morgan fingerprint density at radius 2 is 1.54 bits per heavy atom. The molecule has 0 unspecified atom stereocenters. The quantitative estimate of drug-likeness (QED) is 0.126. The highest BCUT2D eigenvalue weighted by atomic mass is 19.1. The molecule has 1 amide bonds. The molecule has 37 heavy (non-hydrogen) atoms. The van der Waals surface area contributed by atoms with Gasteiger partial charge in [-0.15, -0.1) is 0 Å². The number of hydrogen-bond donors (Lipinski definition) is 1. The lowest BCUT2D eigenvalue weighted by Gasteiger charge is -2.27. The number of nitro benzene ring substituents is 1. The Morgan fingerprint density at radius 3 is 2.08 bits per heavy atom. The summed E-state index contributed by atoms with van der Waals surface area (Å²) in [5.74, 6) is -2.48. The highest BCUT2D eigenvalue weighted by Crippen LogP contribution is 2.39. The third-order valence-electron chi connectivity index (χ3n) is 6.61. The number of nitro groups is 1. The first-order valence-electron chi connectivity index (χ1n) is 12.8. The van der Waals surface area contributed by atoms with Crippen molar-refractivity contribution in [2.75, 3.05) is 26.2 Å². The minimum atomic E-state index is -0.911. The molecular weight excluding hydrogens is 477 g/mol. The Morgan fingerprint density at radius 1 is 0.973 bits per heavy atom. The molecule has 0 radical (unpaired) electrons. The zero-order valence-corrected chi connectivity index (χ0v) is 21.4. The van der Waals surface area contributed by atoms with Crippen LogP contribution in [0.3, 0.4) is 0 Å². The molecule has 0 aliphatic carbocycles. The largest absolute Gasteiger partial charge is 0.507 e. The van der Waals surface area contributed by atoms with Gasteiger partial charge in [0.2, 0.25) is 0 Å². The molecular formula is C28H34FN3O5. The number of non-ortho nitro benzene ring substituents is 1. The predicted molar refractivity (Wildman–Crippen MR) is 139 cm³/mol.